The van der Waals surface area contributed by atoms with E-state index in [4.69, 9.17) is 0 Å². The van der Waals surface area contributed by atoms with E-state index in [1.807, 2.05) is 4.90 Å². The van der Waals surface area contributed by atoms with Crippen LogP contribution in [0.25, 0.3) is 0 Å². The zero-order valence-electron chi connectivity index (χ0n) is 12.3. The van der Waals surface area contributed by atoms with Gasteiger partial charge in [-0.1, -0.05) is 26.7 Å². The molecule has 1 saturated carbocycles. The lowest BCUT2D eigenvalue weighted by Crippen LogP contribution is -2.53. The van der Waals surface area contributed by atoms with Gasteiger partial charge in [0.25, 0.3) is 0 Å². The van der Waals surface area contributed by atoms with Crippen LogP contribution in [0.5, 0.6) is 0 Å². The third-order valence-electron chi connectivity index (χ3n) is 4.85. The van der Waals surface area contributed by atoms with Crippen molar-refractivity contribution in [2.75, 3.05) is 18.1 Å². The third-order valence-corrected chi connectivity index (χ3v) is 6.60. The molecule has 2 aliphatic rings. The fourth-order valence-electron chi connectivity index (χ4n) is 3.78. The van der Waals surface area contributed by atoms with Crippen molar-refractivity contribution in [3.05, 3.63) is 0 Å². The van der Waals surface area contributed by atoms with Crippen molar-refractivity contribution >= 4 is 15.8 Å². The molecule has 0 aromatic heterocycles. The first-order valence-corrected chi connectivity index (χ1v) is 9.21. The number of hydrogen-bond acceptors (Lipinski definition) is 4. The van der Waals surface area contributed by atoms with Crippen LogP contribution in [-0.2, 0) is 14.6 Å². The Hall–Kier alpha value is -0.620. The minimum atomic E-state index is -2.99. The molecule has 0 aromatic carbocycles. The summed E-state index contributed by atoms with van der Waals surface area (Å²) < 4.78 is 23.4. The van der Waals surface area contributed by atoms with Gasteiger partial charge in [-0.3, -0.25) is 9.69 Å². The van der Waals surface area contributed by atoms with E-state index in [0.717, 1.165) is 19.3 Å². The van der Waals surface area contributed by atoms with E-state index in [9.17, 15) is 18.3 Å². The summed E-state index contributed by atoms with van der Waals surface area (Å²) in [4.78, 5) is 13.2. The van der Waals surface area contributed by atoms with Crippen LogP contribution in [0.3, 0.4) is 0 Å². The van der Waals surface area contributed by atoms with E-state index in [1.165, 1.54) is 6.42 Å². The number of hydrogen-bond donors (Lipinski definition) is 1. The van der Waals surface area contributed by atoms with Gasteiger partial charge in [0.2, 0.25) is 0 Å². The number of nitrogens with zero attached hydrogens (tertiary/aromatic N) is 1. The van der Waals surface area contributed by atoms with Crippen LogP contribution in [0.2, 0.25) is 0 Å². The minimum Gasteiger partial charge on any atom is -0.480 e. The van der Waals surface area contributed by atoms with Crippen LogP contribution in [-0.4, -0.2) is 54.5 Å². The average molecular weight is 303 g/mol. The number of rotatable bonds is 4. The fraction of sp³-hybridized carbons (Fsp3) is 0.929. The molecule has 0 aromatic rings. The molecule has 116 valence electrons. The molecule has 2 unspecified atom stereocenters. The number of carbonyl (C=O) groups is 1. The first-order valence-electron chi connectivity index (χ1n) is 7.39. The molecule has 1 saturated heterocycles. The molecular formula is C14H25NO4S. The summed E-state index contributed by atoms with van der Waals surface area (Å²) in [7, 11) is -2.99. The van der Waals surface area contributed by atoms with Gasteiger partial charge in [0.05, 0.1) is 18.1 Å². The van der Waals surface area contributed by atoms with Crippen molar-refractivity contribution < 1.29 is 18.3 Å². The predicted octanol–water partition coefficient (Wildman–Crippen LogP) is 1.53. The maximum Gasteiger partial charge on any atom is 0.317 e. The van der Waals surface area contributed by atoms with Crippen molar-refractivity contribution in [1.82, 2.24) is 4.90 Å². The first-order chi connectivity index (χ1) is 9.21. The summed E-state index contributed by atoms with van der Waals surface area (Å²) >= 11 is 0. The third kappa shape index (κ3) is 3.52. The summed E-state index contributed by atoms with van der Waals surface area (Å²) in [6, 6.07) is 0.0455. The standard InChI is InChI=1S/C14H25NO4S/c1-14(2)7-4-3-5-12(14)15(9-13(16)17)11-6-8-20(18,19)10-11/h11-12H,3-10H2,1-2H3,(H,16,17). The van der Waals surface area contributed by atoms with Crippen LogP contribution in [0.1, 0.15) is 46.0 Å². The molecule has 0 radical (unpaired) electrons. The molecule has 2 atom stereocenters. The van der Waals surface area contributed by atoms with Crippen LogP contribution in [0.4, 0.5) is 0 Å². The highest BCUT2D eigenvalue weighted by molar-refractivity contribution is 7.91. The Morgan fingerprint density at radius 3 is 2.50 bits per heavy atom. The second-order valence-electron chi connectivity index (χ2n) is 6.87. The van der Waals surface area contributed by atoms with Gasteiger partial charge in [-0.05, 0) is 24.7 Å². The molecule has 6 heteroatoms. The highest BCUT2D eigenvalue weighted by Crippen LogP contribution is 2.40. The van der Waals surface area contributed by atoms with Crippen molar-refractivity contribution in [1.29, 1.82) is 0 Å². The number of sulfone groups is 1. The Kier molecular flexibility index (Phi) is 4.44. The second-order valence-corrected chi connectivity index (χ2v) is 9.10. The molecule has 2 rings (SSSR count). The topological polar surface area (TPSA) is 74.7 Å². The SMILES string of the molecule is CC1(C)CCCCC1N(CC(=O)O)C1CCS(=O)(=O)C1. The maximum atomic E-state index is 11.7. The van der Waals surface area contributed by atoms with Crippen LogP contribution in [0.15, 0.2) is 0 Å². The second kappa shape index (κ2) is 5.64. The highest BCUT2D eigenvalue weighted by atomic mass is 32.2. The first kappa shape index (κ1) is 15.8. The van der Waals surface area contributed by atoms with Gasteiger partial charge in [0.1, 0.15) is 0 Å². The van der Waals surface area contributed by atoms with E-state index in [1.54, 1.807) is 0 Å². The molecular weight excluding hydrogens is 278 g/mol. The normalized spacial score (nSPS) is 32.4. The zero-order chi connectivity index (χ0) is 15.0. The molecule has 1 aliphatic heterocycles. The van der Waals surface area contributed by atoms with E-state index < -0.39 is 15.8 Å². The lowest BCUT2D eigenvalue weighted by molar-refractivity contribution is -0.140. The Morgan fingerprint density at radius 2 is 2.00 bits per heavy atom. The van der Waals surface area contributed by atoms with E-state index in [0.29, 0.717) is 6.42 Å². The van der Waals surface area contributed by atoms with E-state index >= 15 is 0 Å². The molecule has 20 heavy (non-hydrogen) atoms. The summed E-state index contributed by atoms with van der Waals surface area (Å²) in [5.74, 6) is -0.552. The van der Waals surface area contributed by atoms with Crippen molar-refractivity contribution in [3.8, 4) is 0 Å². The lowest BCUT2D eigenvalue weighted by Gasteiger charge is -2.47. The van der Waals surface area contributed by atoms with E-state index in [2.05, 4.69) is 13.8 Å². The smallest absolute Gasteiger partial charge is 0.317 e. The molecule has 1 N–H and O–H groups in total. The van der Waals surface area contributed by atoms with Gasteiger partial charge < -0.3 is 5.11 Å². The minimum absolute atomic E-state index is 0.0473. The fourth-order valence-corrected chi connectivity index (χ4v) is 5.52. The number of aliphatic carboxylic acids is 1. The van der Waals surface area contributed by atoms with Gasteiger partial charge in [-0.15, -0.1) is 0 Å². The molecule has 1 aliphatic carbocycles. The Bertz CT molecular complexity index is 472. The van der Waals surface area contributed by atoms with Gasteiger partial charge in [0.15, 0.2) is 9.84 Å². The van der Waals surface area contributed by atoms with Gasteiger partial charge >= 0.3 is 5.97 Å². The molecule has 1 heterocycles. The lowest BCUT2D eigenvalue weighted by atomic mass is 9.72. The maximum absolute atomic E-state index is 11.7. The van der Waals surface area contributed by atoms with Gasteiger partial charge in [0, 0.05) is 12.1 Å². The van der Waals surface area contributed by atoms with Gasteiger partial charge in [-0.2, -0.15) is 0 Å². The molecule has 5 nitrogen and oxygen atoms in total. The highest BCUT2D eigenvalue weighted by Gasteiger charge is 2.42. The summed E-state index contributed by atoms with van der Waals surface area (Å²) in [6.45, 7) is 4.30. The van der Waals surface area contributed by atoms with Gasteiger partial charge in [-0.25, -0.2) is 8.42 Å². The van der Waals surface area contributed by atoms with Crippen molar-refractivity contribution in [2.24, 2.45) is 5.41 Å². The molecule has 2 fully saturated rings. The molecule has 0 bridgehead atoms. The molecule has 0 amide bonds. The monoisotopic (exact) mass is 303 g/mol. The largest absolute Gasteiger partial charge is 0.480 e. The van der Waals surface area contributed by atoms with Crippen molar-refractivity contribution in [2.45, 2.75) is 58.0 Å². The molecule has 0 spiro atoms. The Labute approximate surface area is 121 Å². The zero-order valence-corrected chi connectivity index (χ0v) is 13.2. The number of carboxylic acids is 1. The van der Waals surface area contributed by atoms with Crippen LogP contribution < -0.4 is 0 Å². The average Bonchev–Trinajstić information content (AvgIpc) is 2.66. The summed E-state index contributed by atoms with van der Waals surface area (Å²) in [6.07, 6.45) is 4.89. The quantitative estimate of drug-likeness (QED) is 0.852. The number of carboxylic acid groups (broad SMARTS) is 1. The van der Waals surface area contributed by atoms with E-state index in [-0.39, 0.29) is 35.5 Å². The predicted molar refractivity (Wildman–Crippen MR) is 77.4 cm³/mol. The Morgan fingerprint density at radius 1 is 1.30 bits per heavy atom. The van der Waals surface area contributed by atoms with Crippen LogP contribution in [0, 0.1) is 5.41 Å². The Balaban J connectivity index is 2.21. The van der Waals surface area contributed by atoms with Crippen molar-refractivity contribution in [3.63, 3.8) is 0 Å². The van der Waals surface area contributed by atoms with Crippen LogP contribution >= 0.6 is 0 Å². The summed E-state index contributed by atoms with van der Waals surface area (Å²) in [5, 5.41) is 9.18. The summed E-state index contributed by atoms with van der Waals surface area (Å²) in [5.41, 5.74) is 0.0556.